The Morgan fingerprint density at radius 1 is 1.25 bits per heavy atom. The first-order chi connectivity index (χ1) is 11.3. The molecular formula is C16H18FN3O3S. The number of hydrogen-bond donors (Lipinski definition) is 1. The molecule has 4 rings (SSSR count). The van der Waals surface area contributed by atoms with Crippen LogP contribution in [0.1, 0.15) is 30.0 Å². The van der Waals surface area contributed by atoms with E-state index in [0.29, 0.717) is 11.5 Å². The zero-order chi connectivity index (χ0) is 17.1. The van der Waals surface area contributed by atoms with Gasteiger partial charge in [0.05, 0.1) is 5.69 Å². The average molecular weight is 351 g/mol. The van der Waals surface area contributed by atoms with Gasteiger partial charge < -0.3 is 5.11 Å². The minimum atomic E-state index is -3.71. The van der Waals surface area contributed by atoms with Crippen LogP contribution >= 0.6 is 0 Å². The lowest BCUT2D eigenvalue weighted by atomic mass is 9.88. The van der Waals surface area contributed by atoms with Gasteiger partial charge in [0.2, 0.25) is 0 Å². The third kappa shape index (κ3) is 2.45. The molecule has 1 aromatic carbocycles. The Kier molecular flexibility index (Phi) is 3.35. The maximum absolute atomic E-state index is 13.0. The summed E-state index contributed by atoms with van der Waals surface area (Å²) in [6, 6.07) is 7.10. The van der Waals surface area contributed by atoms with Crippen LogP contribution in [0, 0.1) is 5.82 Å². The van der Waals surface area contributed by atoms with Crippen molar-refractivity contribution in [1.29, 1.82) is 0 Å². The van der Waals surface area contributed by atoms with Crippen molar-refractivity contribution < 1.29 is 17.9 Å². The van der Waals surface area contributed by atoms with E-state index in [0.717, 1.165) is 18.5 Å². The van der Waals surface area contributed by atoms with Gasteiger partial charge in [-0.15, -0.1) is 0 Å². The van der Waals surface area contributed by atoms with Crippen molar-refractivity contribution in [2.45, 2.75) is 29.4 Å². The van der Waals surface area contributed by atoms with Crippen LogP contribution in [-0.2, 0) is 22.7 Å². The molecule has 2 aromatic rings. The van der Waals surface area contributed by atoms with Gasteiger partial charge in [-0.25, -0.2) is 12.8 Å². The van der Waals surface area contributed by atoms with E-state index in [1.807, 2.05) is 0 Å². The fourth-order valence-electron chi connectivity index (χ4n) is 3.07. The van der Waals surface area contributed by atoms with Crippen LogP contribution in [0.15, 0.2) is 35.4 Å². The van der Waals surface area contributed by atoms with E-state index < -0.39 is 21.4 Å². The first kappa shape index (κ1) is 15.7. The van der Waals surface area contributed by atoms with Crippen LogP contribution in [0.25, 0.3) is 0 Å². The van der Waals surface area contributed by atoms with Gasteiger partial charge in [0, 0.05) is 32.1 Å². The fourth-order valence-corrected chi connectivity index (χ4v) is 4.75. The zero-order valence-corrected chi connectivity index (χ0v) is 14.0. The molecular weight excluding hydrogens is 333 g/mol. The average Bonchev–Trinajstić information content (AvgIpc) is 3.27. The second-order valence-electron chi connectivity index (χ2n) is 6.62. The summed E-state index contributed by atoms with van der Waals surface area (Å²) in [5.41, 5.74) is 0.0445. The zero-order valence-electron chi connectivity index (χ0n) is 13.2. The van der Waals surface area contributed by atoms with Gasteiger partial charge in [-0.1, -0.05) is 12.1 Å². The fraction of sp³-hybridized carbons (Fsp3) is 0.438. The van der Waals surface area contributed by atoms with E-state index in [4.69, 9.17) is 0 Å². The molecule has 2 fully saturated rings. The molecule has 1 aliphatic carbocycles. The molecule has 0 bridgehead atoms. The predicted octanol–water partition coefficient (Wildman–Crippen LogP) is 1.33. The molecule has 24 heavy (non-hydrogen) atoms. The third-order valence-corrected chi connectivity index (χ3v) is 6.56. The monoisotopic (exact) mass is 351 g/mol. The third-order valence-electron chi connectivity index (χ3n) is 4.71. The molecule has 2 aliphatic rings. The largest absolute Gasteiger partial charge is 0.382 e. The highest BCUT2D eigenvalue weighted by Gasteiger charge is 2.49. The molecule has 128 valence electrons. The molecule has 0 atom stereocenters. The number of aryl methyl sites for hydroxylation is 1. The standard InChI is InChI=1S/C16H18FN3O3S/c1-19-15(8-14(18-19)11-2-3-11)24(22,23)20-9-16(21,10-20)12-4-6-13(17)7-5-12/h4-8,11,21H,2-3,9-10H2,1H3. The van der Waals surface area contributed by atoms with Crippen molar-refractivity contribution >= 4 is 10.0 Å². The number of halogens is 1. The van der Waals surface area contributed by atoms with Gasteiger partial charge >= 0.3 is 0 Å². The number of nitrogens with zero attached hydrogens (tertiary/aromatic N) is 3. The summed E-state index contributed by atoms with van der Waals surface area (Å²) in [6.45, 7) is -0.101. The Morgan fingerprint density at radius 2 is 1.88 bits per heavy atom. The number of β-amino-alcohol motifs (C(OH)–C–C–N with tert-alkyl or cyclic N) is 1. The summed E-state index contributed by atoms with van der Waals surface area (Å²) in [5.74, 6) is -0.0265. The Hall–Kier alpha value is -1.77. The lowest BCUT2D eigenvalue weighted by Crippen LogP contribution is -2.61. The van der Waals surface area contributed by atoms with Crippen LogP contribution in [0.5, 0.6) is 0 Å². The molecule has 2 heterocycles. The number of aromatic nitrogens is 2. The normalized spacial score (nSPS) is 20.8. The summed E-state index contributed by atoms with van der Waals surface area (Å²) >= 11 is 0. The van der Waals surface area contributed by atoms with Gasteiger partial charge in [0.1, 0.15) is 11.4 Å². The Morgan fingerprint density at radius 3 is 2.46 bits per heavy atom. The van der Waals surface area contributed by atoms with E-state index in [9.17, 15) is 17.9 Å². The van der Waals surface area contributed by atoms with E-state index in [-0.39, 0.29) is 18.1 Å². The highest BCUT2D eigenvalue weighted by atomic mass is 32.2. The molecule has 0 amide bonds. The lowest BCUT2D eigenvalue weighted by Gasteiger charge is -2.45. The Labute approximate surface area is 139 Å². The van der Waals surface area contributed by atoms with E-state index in [1.54, 1.807) is 13.1 Å². The minimum Gasteiger partial charge on any atom is -0.382 e. The second kappa shape index (κ2) is 5.11. The molecule has 1 saturated carbocycles. The Bertz CT molecular complexity index is 882. The molecule has 6 nitrogen and oxygen atoms in total. The highest BCUT2D eigenvalue weighted by molar-refractivity contribution is 7.89. The van der Waals surface area contributed by atoms with Crippen molar-refractivity contribution in [2.75, 3.05) is 13.1 Å². The maximum Gasteiger partial charge on any atom is 0.260 e. The predicted molar refractivity (Wildman–Crippen MR) is 84.2 cm³/mol. The van der Waals surface area contributed by atoms with Crippen molar-refractivity contribution in [3.05, 3.63) is 47.4 Å². The summed E-state index contributed by atoms with van der Waals surface area (Å²) in [7, 11) is -2.09. The number of rotatable bonds is 4. The minimum absolute atomic E-state index is 0.0507. The number of aliphatic hydroxyl groups is 1. The molecule has 1 aromatic heterocycles. The molecule has 1 aliphatic heterocycles. The molecule has 1 saturated heterocycles. The van der Waals surface area contributed by atoms with Crippen LogP contribution < -0.4 is 0 Å². The molecule has 1 N–H and O–H groups in total. The van der Waals surface area contributed by atoms with Crippen molar-refractivity contribution in [3.63, 3.8) is 0 Å². The summed E-state index contributed by atoms with van der Waals surface area (Å²) in [5, 5.41) is 15.0. The highest BCUT2D eigenvalue weighted by Crippen LogP contribution is 2.41. The summed E-state index contributed by atoms with van der Waals surface area (Å²) < 4.78 is 41.1. The topological polar surface area (TPSA) is 75.4 Å². The van der Waals surface area contributed by atoms with Crippen molar-refractivity contribution in [2.24, 2.45) is 7.05 Å². The molecule has 8 heteroatoms. The van der Waals surface area contributed by atoms with E-state index in [2.05, 4.69) is 5.10 Å². The summed E-state index contributed by atoms with van der Waals surface area (Å²) in [4.78, 5) is 0. The first-order valence-corrected chi connectivity index (χ1v) is 9.26. The number of hydrogen-bond acceptors (Lipinski definition) is 4. The van der Waals surface area contributed by atoms with Crippen LogP contribution in [-0.4, -0.2) is 40.7 Å². The van der Waals surface area contributed by atoms with Crippen LogP contribution in [0.4, 0.5) is 4.39 Å². The SMILES string of the molecule is Cn1nc(C2CC2)cc1S(=O)(=O)N1CC(O)(c2ccc(F)cc2)C1. The van der Waals surface area contributed by atoms with E-state index in [1.165, 1.54) is 33.3 Å². The number of benzene rings is 1. The van der Waals surface area contributed by atoms with Gasteiger partial charge in [-0.2, -0.15) is 9.40 Å². The van der Waals surface area contributed by atoms with E-state index >= 15 is 0 Å². The molecule has 0 spiro atoms. The van der Waals surface area contributed by atoms with Gasteiger partial charge in [-0.05, 0) is 30.5 Å². The first-order valence-electron chi connectivity index (χ1n) is 7.82. The van der Waals surface area contributed by atoms with Gasteiger partial charge in [0.25, 0.3) is 10.0 Å². The van der Waals surface area contributed by atoms with Crippen molar-refractivity contribution in [1.82, 2.24) is 14.1 Å². The van der Waals surface area contributed by atoms with Crippen LogP contribution in [0.3, 0.4) is 0 Å². The molecule has 0 radical (unpaired) electrons. The second-order valence-corrected chi connectivity index (χ2v) is 8.50. The van der Waals surface area contributed by atoms with Gasteiger partial charge in [0.15, 0.2) is 5.03 Å². The Balaban J connectivity index is 1.56. The van der Waals surface area contributed by atoms with Crippen molar-refractivity contribution in [3.8, 4) is 0 Å². The quantitative estimate of drug-likeness (QED) is 0.902. The lowest BCUT2D eigenvalue weighted by molar-refractivity contribution is -0.0650. The smallest absolute Gasteiger partial charge is 0.260 e. The summed E-state index contributed by atoms with van der Waals surface area (Å²) in [6.07, 6.45) is 2.09. The number of sulfonamides is 1. The van der Waals surface area contributed by atoms with Crippen LogP contribution in [0.2, 0.25) is 0 Å². The molecule has 0 unspecified atom stereocenters. The maximum atomic E-state index is 13.0. The van der Waals surface area contributed by atoms with Gasteiger partial charge in [-0.3, -0.25) is 4.68 Å².